The molecule has 1 fully saturated rings. The van der Waals surface area contributed by atoms with E-state index < -0.39 is 0 Å². The van der Waals surface area contributed by atoms with E-state index >= 15 is 0 Å². The molecule has 0 aliphatic carbocycles. The number of thioether (sulfide) groups is 1. The molecule has 0 spiro atoms. The monoisotopic (exact) mass is 357 g/mol. The minimum atomic E-state index is 0.185. The Labute approximate surface area is 133 Å². The largest absolute Gasteiger partial charge is 0.377 e. The van der Waals surface area contributed by atoms with E-state index in [1.807, 2.05) is 11.8 Å². The van der Waals surface area contributed by atoms with E-state index in [2.05, 4.69) is 41.9 Å². The lowest BCUT2D eigenvalue weighted by Gasteiger charge is -2.33. The average Bonchev–Trinajstić information content (AvgIpc) is 2.41. The Balaban J connectivity index is 1.98. The summed E-state index contributed by atoms with van der Waals surface area (Å²) in [7, 11) is 0. The lowest BCUT2D eigenvalue weighted by molar-refractivity contribution is -0.136. The molecule has 0 radical (unpaired) electrons. The molecular formula is C15H20BrNO2S. The molecule has 0 N–H and O–H groups in total. The molecule has 1 saturated heterocycles. The van der Waals surface area contributed by atoms with Gasteiger partial charge in [0.1, 0.15) is 0 Å². The van der Waals surface area contributed by atoms with Crippen molar-refractivity contribution in [1.82, 2.24) is 4.90 Å². The van der Waals surface area contributed by atoms with E-state index in [4.69, 9.17) is 4.74 Å². The Morgan fingerprint density at radius 3 is 2.90 bits per heavy atom. The number of aryl methyl sites for hydroxylation is 2. The van der Waals surface area contributed by atoms with Crippen LogP contribution in [0.2, 0.25) is 0 Å². The van der Waals surface area contributed by atoms with Gasteiger partial charge < -0.3 is 9.64 Å². The molecule has 5 heteroatoms. The Bertz CT molecular complexity index is 507. The van der Waals surface area contributed by atoms with Crippen LogP contribution in [0.4, 0.5) is 0 Å². The number of hydrogen-bond donors (Lipinski definition) is 0. The maximum atomic E-state index is 12.3. The topological polar surface area (TPSA) is 29.5 Å². The summed E-state index contributed by atoms with van der Waals surface area (Å²) in [6.07, 6.45) is 0. The first-order chi connectivity index (χ1) is 9.49. The molecule has 1 atom stereocenters. The molecule has 0 bridgehead atoms. The van der Waals surface area contributed by atoms with Crippen molar-refractivity contribution in [3.63, 3.8) is 0 Å². The highest BCUT2D eigenvalue weighted by Gasteiger charge is 2.23. The van der Waals surface area contributed by atoms with Gasteiger partial charge in [0.15, 0.2) is 0 Å². The van der Waals surface area contributed by atoms with Gasteiger partial charge in [-0.2, -0.15) is 0 Å². The Kier molecular flexibility index (Phi) is 5.52. The first-order valence-electron chi connectivity index (χ1n) is 6.76. The number of halogens is 1. The van der Waals surface area contributed by atoms with Crippen LogP contribution in [0.15, 0.2) is 21.5 Å². The first kappa shape index (κ1) is 15.9. The second-order valence-corrected chi connectivity index (χ2v) is 7.04. The fourth-order valence-corrected chi connectivity index (χ4v) is 3.68. The fraction of sp³-hybridized carbons (Fsp3) is 0.533. The van der Waals surface area contributed by atoms with Gasteiger partial charge >= 0.3 is 0 Å². The van der Waals surface area contributed by atoms with Crippen LogP contribution in [0.1, 0.15) is 18.1 Å². The van der Waals surface area contributed by atoms with Crippen LogP contribution < -0.4 is 0 Å². The standard InChI is InChI=1S/C15H20BrNO2S/c1-10-7-14(11(2)6-13(10)16)20-9-15(18)17-4-5-19-8-12(17)3/h6-7,12H,4-5,8-9H2,1-3H3. The quantitative estimate of drug-likeness (QED) is 0.776. The number of carbonyl (C=O) groups excluding carboxylic acids is 1. The summed E-state index contributed by atoms with van der Waals surface area (Å²) < 4.78 is 6.49. The molecule has 1 aliphatic heterocycles. The van der Waals surface area contributed by atoms with Crippen LogP contribution >= 0.6 is 27.7 Å². The van der Waals surface area contributed by atoms with E-state index in [9.17, 15) is 4.79 Å². The molecule has 1 heterocycles. The van der Waals surface area contributed by atoms with Gasteiger partial charge in [-0.05, 0) is 44.0 Å². The molecule has 1 aromatic carbocycles. The second kappa shape index (κ2) is 6.96. The molecule has 2 rings (SSSR count). The number of carbonyl (C=O) groups is 1. The first-order valence-corrected chi connectivity index (χ1v) is 8.53. The Morgan fingerprint density at radius 1 is 1.45 bits per heavy atom. The van der Waals surface area contributed by atoms with Crippen molar-refractivity contribution in [3.05, 3.63) is 27.7 Å². The van der Waals surface area contributed by atoms with Gasteiger partial charge in [0.2, 0.25) is 5.91 Å². The average molecular weight is 358 g/mol. The highest BCUT2D eigenvalue weighted by molar-refractivity contribution is 9.10. The maximum Gasteiger partial charge on any atom is 0.233 e. The number of rotatable bonds is 3. The maximum absolute atomic E-state index is 12.3. The zero-order chi connectivity index (χ0) is 14.7. The van der Waals surface area contributed by atoms with Gasteiger partial charge in [-0.3, -0.25) is 4.79 Å². The molecule has 110 valence electrons. The fourth-order valence-electron chi connectivity index (χ4n) is 2.23. The molecule has 20 heavy (non-hydrogen) atoms. The minimum Gasteiger partial charge on any atom is -0.377 e. The number of morpholine rings is 1. The molecule has 1 aliphatic rings. The summed E-state index contributed by atoms with van der Waals surface area (Å²) >= 11 is 5.15. The van der Waals surface area contributed by atoms with Crippen LogP contribution in [0.25, 0.3) is 0 Å². The third-order valence-electron chi connectivity index (χ3n) is 3.50. The third-order valence-corrected chi connectivity index (χ3v) is 5.49. The Morgan fingerprint density at radius 2 is 2.20 bits per heavy atom. The SMILES string of the molecule is Cc1cc(SCC(=O)N2CCOCC2C)c(C)cc1Br. The van der Waals surface area contributed by atoms with Crippen molar-refractivity contribution < 1.29 is 9.53 Å². The van der Waals surface area contributed by atoms with Crippen molar-refractivity contribution in [2.75, 3.05) is 25.5 Å². The summed E-state index contributed by atoms with van der Waals surface area (Å²) in [4.78, 5) is 15.4. The highest BCUT2D eigenvalue weighted by Crippen LogP contribution is 2.28. The Hall–Kier alpha value is -0.520. The number of amides is 1. The zero-order valence-electron chi connectivity index (χ0n) is 12.1. The van der Waals surface area contributed by atoms with E-state index in [0.717, 1.165) is 4.47 Å². The molecule has 1 amide bonds. The van der Waals surface area contributed by atoms with Crippen molar-refractivity contribution >= 4 is 33.6 Å². The van der Waals surface area contributed by atoms with Crippen LogP contribution in [0, 0.1) is 13.8 Å². The molecular weight excluding hydrogens is 338 g/mol. The molecule has 1 unspecified atom stereocenters. The summed E-state index contributed by atoms with van der Waals surface area (Å²) in [6, 6.07) is 4.43. The predicted octanol–water partition coefficient (Wildman–Crippen LogP) is 3.41. The van der Waals surface area contributed by atoms with Crippen molar-refractivity contribution in [2.45, 2.75) is 31.7 Å². The normalized spacial score (nSPS) is 19.2. The molecule has 1 aromatic rings. The van der Waals surface area contributed by atoms with Gasteiger partial charge in [-0.15, -0.1) is 11.8 Å². The molecule has 3 nitrogen and oxygen atoms in total. The van der Waals surface area contributed by atoms with Crippen LogP contribution in [0.5, 0.6) is 0 Å². The van der Waals surface area contributed by atoms with Gasteiger partial charge in [0.05, 0.1) is 25.0 Å². The van der Waals surface area contributed by atoms with Gasteiger partial charge in [0, 0.05) is 15.9 Å². The van der Waals surface area contributed by atoms with E-state index in [-0.39, 0.29) is 11.9 Å². The summed E-state index contributed by atoms with van der Waals surface area (Å²) in [6.45, 7) is 8.19. The van der Waals surface area contributed by atoms with Crippen molar-refractivity contribution in [2.24, 2.45) is 0 Å². The summed E-state index contributed by atoms with van der Waals surface area (Å²) in [5.74, 6) is 0.692. The van der Waals surface area contributed by atoms with Gasteiger partial charge in [-0.25, -0.2) is 0 Å². The van der Waals surface area contributed by atoms with E-state index in [0.29, 0.717) is 25.5 Å². The van der Waals surface area contributed by atoms with Gasteiger partial charge in [-0.1, -0.05) is 15.9 Å². The van der Waals surface area contributed by atoms with Crippen LogP contribution in [-0.2, 0) is 9.53 Å². The van der Waals surface area contributed by atoms with Gasteiger partial charge in [0.25, 0.3) is 0 Å². The zero-order valence-corrected chi connectivity index (χ0v) is 14.5. The number of nitrogens with zero attached hydrogens (tertiary/aromatic N) is 1. The molecule has 0 saturated carbocycles. The predicted molar refractivity (Wildman–Crippen MR) is 86.3 cm³/mol. The lowest BCUT2D eigenvalue weighted by Crippen LogP contribution is -2.47. The minimum absolute atomic E-state index is 0.185. The number of ether oxygens (including phenoxy) is 1. The number of benzene rings is 1. The van der Waals surface area contributed by atoms with E-state index in [1.54, 1.807) is 11.8 Å². The highest BCUT2D eigenvalue weighted by atomic mass is 79.9. The second-order valence-electron chi connectivity index (χ2n) is 5.17. The van der Waals surface area contributed by atoms with Crippen LogP contribution in [-0.4, -0.2) is 42.4 Å². The lowest BCUT2D eigenvalue weighted by atomic mass is 10.2. The van der Waals surface area contributed by atoms with Crippen molar-refractivity contribution in [1.29, 1.82) is 0 Å². The summed E-state index contributed by atoms with van der Waals surface area (Å²) in [5.41, 5.74) is 2.40. The summed E-state index contributed by atoms with van der Waals surface area (Å²) in [5, 5.41) is 0. The number of hydrogen-bond acceptors (Lipinski definition) is 3. The third kappa shape index (κ3) is 3.77. The van der Waals surface area contributed by atoms with Crippen molar-refractivity contribution in [3.8, 4) is 0 Å². The smallest absolute Gasteiger partial charge is 0.233 e. The molecule has 0 aromatic heterocycles. The van der Waals surface area contributed by atoms with Crippen LogP contribution in [0.3, 0.4) is 0 Å². The van der Waals surface area contributed by atoms with E-state index in [1.165, 1.54) is 16.0 Å².